The van der Waals surface area contributed by atoms with Gasteiger partial charge in [-0.25, -0.2) is 0 Å². The molecule has 5 nitrogen and oxygen atoms in total. The van der Waals surface area contributed by atoms with Crippen LogP contribution in [0.25, 0.3) is 6.08 Å². The molecule has 2 amide bonds. The molecule has 1 N–H and O–H groups in total. The van der Waals surface area contributed by atoms with Gasteiger partial charge in [-0.1, -0.05) is 12.1 Å². The van der Waals surface area contributed by atoms with E-state index in [1.54, 1.807) is 24.3 Å². The van der Waals surface area contributed by atoms with E-state index in [4.69, 9.17) is 9.47 Å². The summed E-state index contributed by atoms with van der Waals surface area (Å²) in [6, 6.07) is 5.39. The topological polar surface area (TPSA) is 64.6 Å². The van der Waals surface area contributed by atoms with Crippen LogP contribution in [-0.4, -0.2) is 24.9 Å². The quantitative estimate of drug-likeness (QED) is 0.857. The molecule has 0 aliphatic carbocycles. The Labute approximate surface area is 115 Å². The van der Waals surface area contributed by atoms with Crippen molar-refractivity contribution in [1.82, 2.24) is 5.32 Å². The number of nitrogens with one attached hydrogen (secondary N) is 1. The van der Waals surface area contributed by atoms with Gasteiger partial charge in [-0.2, -0.15) is 0 Å². The molecule has 1 aliphatic heterocycles. The lowest BCUT2D eigenvalue weighted by molar-refractivity contribution is -0.115. The van der Waals surface area contributed by atoms with Crippen molar-refractivity contribution in [3.05, 3.63) is 28.7 Å². The minimum Gasteiger partial charge on any atom is -0.492 e. The lowest BCUT2D eigenvalue weighted by Gasteiger charge is -2.11. The van der Waals surface area contributed by atoms with Gasteiger partial charge in [0.25, 0.3) is 11.1 Å². The number of para-hydroxylation sites is 1. The van der Waals surface area contributed by atoms with Crippen LogP contribution in [0.1, 0.15) is 12.5 Å². The third kappa shape index (κ3) is 2.90. The van der Waals surface area contributed by atoms with Crippen LogP contribution >= 0.6 is 11.8 Å². The Morgan fingerprint density at radius 2 is 2.16 bits per heavy atom. The van der Waals surface area contributed by atoms with Crippen molar-refractivity contribution in [2.45, 2.75) is 6.92 Å². The number of carbonyl (C=O) groups excluding carboxylic acids is 2. The Balaban J connectivity index is 2.40. The van der Waals surface area contributed by atoms with Gasteiger partial charge in [0.2, 0.25) is 0 Å². The van der Waals surface area contributed by atoms with Crippen molar-refractivity contribution in [2.24, 2.45) is 0 Å². The summed E-state index contributed by atoms with van der Waals surface area (Å²) in [6.45, 7) is 2.40. The van der Waals surface area contributed by atoms with Gasteiger partial charge in [-0.15, -0.1) is 0 Å². The first-order valence-electron chi connectivity index (χ1n) is 5.70. The number of benzene rings is 1. The van der Waals surface area contributed by atoms with Gasteiger partial charge < -0.3 is 9.47 Å². The van der Waals surface area contributed by atoms with Gasteiger partial charge >= 0.3 is 0 Å². The number of hydrogen-bond acceptors (Lipinski definition) is 5. The number of imide groups is 1. The first-order chi connectivity index (χ1) is 9.15. The highest BCUT2D eigenvalue weighted by atomic mass is 32.2. The average molecular weight is 279 g/mol. The van der Waals surface area contributed by atoms with Gasteiger partial charge in [0.1, 0.15) is 0 Å². The molecule has 0 spiro atoms. The second-order valence-electron chi connectivity index (χ2n) is 3.66. The van der Waals surface area contributed by atoms with E-state index in [9.17, 15) is 9.59 Å². The molecule has 0 bridgehead atoms. The largest absolute Gasteiger partial charge is 0.492 e. The molecular weight excluding hydrogens is 266 g/mol. The molecule has 2 rings (SSSR count). The SMILES string of the molecule is CCOc1cccc(/C=C2\SC(=O)NC2=O)c1OC. The monoisotopic (exact) mass is 279 g/mol. The molecule has 0 aromatic heterocycles. The van der Waals surface area contributed by atoms with Crippen LogP contribution in [0, 0.1) is 0 Å². The second kappa shape index (κ2) is 5.79. The van der Waals surface area contributed by atoms with Crippen LogP contribution in [-0.2, 0) is 4.79 Å². The molecule has 19 heavy (non-hydrogen) atoms. The fourth-order valence-corrected chi connectivity index (χ4v) is 2.37. The molecule has 0 saturated carbocycles. The normalized spacial score (nSPS) is 16.6. The van der Waals surface area contributed by atoms with Crippen molar-refractivity contribution in [3.8, 4) is 11.5 Å². The number of rotatable bonds is 4. The summed E-state index contributed by atoms with van der Waals surface area (Å²) < 4.78 is 10.8. The first-order valence-corrected chi connectivity index (χ1v) is 6.52. The molecule has 6 heteroatoms. The summed E-state index contributed by atoms with van der Waals surface area (Å²) in [4.78, 5) is 23.0. The number of hydrogen-bond donors (Lipinski definition) is 1. The van der Waals surface area contributed by atoms with Crippen molar-refractivity contribution in [3.63, 3.8) is 0 Å². The van der Waals surface area contributed by atoms with Crippen molar-refractivity contribution >= 4 is 29.0 Å². The zero-order chi connectivity index (χ0) is 13.8. The standard InChI is InChI=1S/C13H13NO4S/c1-3-18-9-6-4-5-8(11(9)17-2)7-10-12(15)14-13(16)19-10/h4-7H,3H2,1-2H3,(H,14,15,16)/b10-7-. The Kier molecular flexibility index (Phi) is 4.11. The Hall–Kier alpha value is -1.95. The van der Waals surface area contributed by atoms with Crippen molar-refractivity contribution in [2.75, 3.05) is 13.7 Å². The predicted octanol–water partition coefficient (Wildman–Crippen LogP) is 2.42. The molecule has 1 aliphatic rings. The summed E-state index contributed by atoms with van der Waals surface area (Å²) in [7, 11) is 1.53. The van der Waals surface area contributed by atoms with Crippen LogP contribution in [0.15, 0.2) is 23.1 Å². The van der Waals surface area contributed by atoms with E-state index in [1.165, 1.54) is 7.11 Å². The minimum atomic E-state index is -0.390. The van der Waals surface area contributed by atoms with Crippen LogP contribution in [0.2, 0.25) is 0 Å². The molecule has 0 atom stereocenters. The van der Waals surface area contributed by atoms with Crippen molar-refractivity contribution < 1.29 is 19.1 Å². The molecular formula is C13H13NO4S. The number of ether oxygens (including phenoxy) is 2. The van der Waals surface area contributed by atoms with Crippen molar-refractivity contribution in [1.29, 1.82) is 0 Å². The highest BCUT2D eigenvalue weighted by Crippen LogP contribution is 2.34. The molecule has 0 radical (unpaired) electrons. The van der Waals surface area contributed by atoms with Gasteiger partial charge in [0.15, 0.2) is 11.5 Å². The van der Waals surface area contributed by atoms with Gasteiger partial charge in [0, 0.05) is 5.56 Å². The highest BCUT2D eigenvalue weighted by Gasteiger charge is 2.25. The van der Waals surface area contributed by atoms with Gasteiger partial charge in [-0.3, -0.25) is 14.9 Å². The maximum absolute atomic E-state index is 11.5. The first kappa shape index (κ1) is 13.5. The minimum absolute atomic E-state index is 0.344. The zero-order valence-corrected chi connectivity index (χ0v) is 11.4. The van der Waals surface area contributed by atoms with Gasteiger partial charge in [-0.05, 0) is 30.8 Å². The summed E-state index contributed by atoms with van der Waals surface area (Å²) in [5.41, 5.74) is 0.695. The maximum Gasteiger partial charge on any atom is 0.290 e. The maximum atomic E-state index is 11.5. The third-order valence-electron chi connectivity index (χ3n) is 2.44. The predicted molar refractivity (Wildman–Crippen MR) is 73.3 cm³/mol. The van der Waals surface area contributed by atoms with E-state index in [1.807, 2.05) is 6.92 Å². The Bertz CT molecular complexity index is 554. The fourth-order valence-electron chi connectivity index (χ4n) is 1.70. The van der Waals surface area contributed by atoms with Crippen LogP contribution < -0.4 is 14.8 Å². The molecule has 1 aromatic carbocycles. The number of carbonyl (C=O) groups is 2. The molecule has 1 fully saturated rings. The highest BCUT2D eigenvalue weighted by molar-refractivity contribution is 8.18. The summed E-state index contributed by atoms with van der Waals surface area (Å²) >= 11 is 0.872. The number of amides is 2. The van der Waals surface area contributed by atoms with E-state index in [-0.39, 0.29) is 11.1 Å². The number of methoxy groups -OCH3 is 1. The molecule has 100 valence electrons. The van der Waals surface area contributed by atoms with E-state index in [2.05, 4.69) is 5.32 Å². The van der Waals surface area contributed by atoms with Gasteiger partial charge in [0.05, 0.1) is 18.6 Å². The third-order valence-corrected chi connectivity index (χ3v) is 3.25. The summed E-state index contributed by atoms with van der Waals surface area (Å²) in [5, 5.41) is 1.84. The molecule has 1 aromatic rings. The fraction of sp³-hybridized carbons (Fsp3) is 0.231. The lowest BCUT2D eigenvalue weighted by atomic mass is 10.1. The molecule has 1 heterocycles. The molecule has 1 saturated heterocycles. The summed E-state index contributed by atoms with van der Waals surface area (Å²) in [6.07, 6.45) is 1.62. The Morgan fingerprint density at radius 1 is 1.37 bits per heavy atom. The second-order valence-corrected chi connectivity index (χ2v) is 4.68. The smallest absolute Gasteiger partial charge is 0.290 e. The van der Waals surface area contributed by atoms with E-state index in [0.717, 1.165) is 11.8 Å². The van der Waals surface area contributed by atoms with E-state index < -0.39 is 0 Å². The molecule has 0 unspecified atom stereocenters. The summed E-state index contributed by atoms with van der Waals surface area (Å²) in [5.74, 6) is 0.762. The van der Waals surface area contributed by atoms with E-state index in [0.29, 0.717) is 28.6 Å². The van der Waals surface area contributed by atoms with Crippen LogP contribution in [0.5, 0.6) is 11.5 Å². The van der Waals surface area contributed by atoms with Crippen LogP contribution in [0.3, 0.4) is 0 Å². The lowest BCUT2D eigenvalue weighted by Crippen LogP contribution is -2.17. The average Bonchev–Trinajstić information content (AvgIpc) is 2.69. The van der Waals surface area contributed by atoms with E-state index >= 15 is 0 Å². The Morgan fingerprint density at radius 3 is 2.74 bits per heavy atom. The van der Waals surface area contributed by atoms with Crippen LogP contribution in [0.4, 0.5) is 4.79 Å². The number of thioether (sulfide) groups is 1. The zero-order valence-electron chi connectivity index (χ0n) is 10.6.